The van der Waals surface area contributed by atoms with Crippen LogP contribution in [0.4, 0.5) is 0 Å². The van der Waals surface area contributed by atoms with Gasteiger partial charge in [-0.15, -0.1) is 0 Å². The maximum atomic E-state index is 12.0. The molecule has 0 aliphatic carbocycles. The number of hydrogen-bond acceptors (Lipinski definition) is 2. The van der Waals surface area contributed by atoms with Crippen LogP contribution in [0.2, 0.25) is 0 Å². The molecule has 0 fully saturated rings. The lowest BCUT2D eigenvalue weighted by atomic mass is 10.2. The van der Waals surface area contributed by atoms with Crippen LogP contribution >= 0.6 is 0 Å². The SMILES string of the molecule is Cc1cccnc1Cn1ccn(C(C)C)c1=O. The number of rotatable bonds is 3. The van der Waals surface area contributed by atoms with Crippen LogP contribution in [-0.2, 0) is 6.54 Å². The predicted molar refractivity (Wildman–Crippen MR) is 67.2 cm³/mol. The fourth-order valence-corrected chi connectivity index (χ4v) is 1.79. The fourth-order valence-electron chi connectivity index (χ4n) is 1.79. The molecule has 4 heteroatoms. The number of aromatic nitrogens is 3. The van der Waals surface area contributed by atoms with Gasteiger partial charge in [0.05, 0.1) is 12.2 Å². The van der Waals surface area contributed by atoms with Crippen LogP contribution in [-0.4, -0.2) is 14.1 Å². The molecule has 0 saturated carbocycles. The highest BCUT2D eigenvalue weighted by atomic mass is 16.1. The number of aryl methyl sites for hydroxylation is 1. The summed E-state index contributed by atoms with van der Waals surface area (Å²) in [5, 5.41) is 0. The Hall–Kier alpha value is -1.84. The maximum Gasteiger partial charge on any atom is 0.328 e. The minimum absolute atomic E-state index is 0.0186. The normalized spacial score (nSPS) is 11.1. The molecule has 0 atom stereocenters. The molecule has 2 heterocycles. The van der Waals surface area contributed by atoms with E-state index in [1.165, 1.54) is 0 Å². The molecule has 4 nitrogen and oxygen atoms in total. The first-order chi connectivity index (χ1) is 8.09. The molecule has 0 spiro atoms. The van der Waals surface area contributed by atoms with Gasteiger partial charge in [0.2, 0.25) is 0 Å². The van der Waals surface area contributed by atoms with Crippen molar-refractivity contribution in [3.05, 3.63) is 52.5 Å². The summed E-state index contributed by atoms with van der Waals surface area (Å²) >= 11 is 0. The third-order valence-corrected chi connectivity index (χ3v) is 2.87. The molecule has 0 aromatic carbocycles. The van der Waals surface area contributed by atoms with Crippen molar-refractivity contribution in [2.24, 2.45) is 0 Å². The van der Waals surface area contributed by atoms with Crippen molar-refractivity contribution in [2.45, 2.75) is 33.4 Å². The third-order valence-electron chi connectivity index (χ3n) is 2.87. The first-order valence-corrected chi connectivity index (χ1v) is 5.77. The average Bonchev–Trinajstić information content (AvgIpc) is 2.64. The quantitative estimate of drug-likeness (QED) is 0.810. The van der Waals surface area contributed by atoms with Crippen LogP contribution in [0.25, 0.3) is 0 Å². The second kappa shape index (κ2) is 4.57. The van der Waals surface area contributed by atoms with Gasteiger partial charge in [0, 0.05) is 24.6 Å². The van der Waals surface area contributed by atoms with E-state index in [4.69, 9.17) is 0 Å². The summed E-state index contributed by atoms with van der Waals surface area (Å²) in [6.07, 6.45) is 5.40. The van der Waals surface area contributed by atoms with Crippen molar-refractivity contribution in [3.63, 3.8) is 0 Å². The lowest BCUT2D eigenvalue weighted by Gasteiger charge is -2.06. The van der Waals surface area contributed by atoms with E-state index in [9.17, 15) is 4.79 Å². The van der Waals surface area contributed by atoms with Crippen LogP contribution in [0, 0.1) is 6.92 Å². The van der Waals surface area contributed by atoms with Gasteiger partial charge < -0.3 is 0 Å². The first kappa shape index (κ1) is 11.6. The number of hydrogen-bond donors (Lipinski definition) is 0. The molecule has 90 valence electrons. The standard InChI is InChI=1S/C13H17N3O/c1-10(2)16-8-7-15(13(16)17)9-12-11(3)5-4-6-14-12/h4-8,10H,9H2,1-3H3. The molecule has 2 rings (SSSR count). The largest absolute Gasteiger partial charge is 0.328 e. The zero-order chi connectivity index (χ0) is 12.4. The average molecular weight is 231 g/mol. The first-order valence-electron chi connectivity index (χ1n) is 5.77. The molecule has 0 saturated heterocycles. The van der Waals surface area contributed by atoms with E-state index in [2.05, 4.69) is 4.98 Å². The maximum absolute atomic E-state index is 12.0. The second-order valence-electron chi connectivity index (χ2n) is 4.48. The van der Waals surface area contributed by atoms with E-state index < -0.39 is 0 Å². The van der Waals surface area contributed by atoms with Gasteiger partial charge >= 0.3 is 5.69 Å². The lowest BCUT2D eigenvalue weighted by molar-refractivity contribution is 0.559. The van der Waals surface area contributed by atoms with E-state index in [0.717, 1.165) is 11.3 Å². The van der Waals surface area contributed by atoms with Crippen LogP contribution in [0.15, 0.2) is 35.5 Å². The van der Waals surface area contributed by atoms with Crippen molar-refractivity contribution >= 4 is 0 Å². The molecular formula is C13H17N3O. The molecule has 17 heavy (non-hydrogen) atoms. The Morgan fingerprint density at radius 2 is 2.12 bits per heavy atom. The molecule has 2 aromatic heterocycles. The molecule has 0 aliphatic rings. The molecule has 0 radical (unpaired) electrons. The van der Waals surface area contributed by atoms with Crippen molar-refractivity contribution in [1.29, 1.82) is 0 Å². The summed E-state index contributed by atoms with van der Waals surface area (Å²) in [4.78, 5) is 16.3. The van der Waals surface area contributed by atoms with Gasteiger partial charge in [0.1, 0.15) is 0 Å². The van der Waals surface area contributed by atoms with E-state index in [0.29, 0.717) is 6.54 Å². The minimum atomic E-state index is 0.0186. The third kappa shape index (κ3) is 2.30. The number of pyridine rings is 1. The highest BCUT2D eigenvalue weighted by Gasteiger charge is 2.07. The van der Waals surface area contributed by atoms with E-state index in [-0.39, 0.29) is 11.7 Å². The summed E-state index contributed by atoms with van der Waals surface area (Å²) in [7, 11) is 0. The topological polar surface area (TPSA) is 39.8 Å². The Morgan fingerprint density at radius 1 is 1.35 bits per heavy atom. The Kier molecular flexibility index (Phi) is 3.13. The van der Waals surface area contributed by atoms with Crippen molar-refractivity contribution in [1.82, 2.24) is 14.1 Å². The minimum Gasteiger partial charge on any atom is -0.297 e. The summed E-state index contributed by atoms with van der Waals surface area (Å²) in [6, 6.07) is 4.10. The zero-order valence-corrected chi connectivity index (χ0v) is 10.4. The summed E-state index contributed by atoms with van der Waals surface area (Å²) in [6.45, 7) is 6.54. The predicted octanol–water partition coefficient (Wildman–Crippen LogP) is 1.98. The van der Waals surface area contributed by atoms with E-state index >= 15 is 0 Å². The van der Waals surface area contributed by atoms with Gasteiger partial charge in [-0.2, -0.15) is 0 Å². The van der Waals surface area contributed by atoms with Crippen LogP contribution in [0.1, 0.15) is 31.1 Å². The monoisotopic (exact) mass is 231 g/mol. The van der Waals surface area contributed by atoms with Gasteiger partial charge in [-0.05, 0) is 32.4 Å². The lowest BCUT2D eigenvalue weighted by Crippen LogP contribution is -2.26. The second-order valence-corrected chi connectivity index (χ2v) is 4.48. The zero-order valence-electron chi connectivity index (χ0n) is 10.4. The van der Waals surface area contributed by atoms with Crippen molar-refractivity contribution < 1.29 is 0 Å². The Labute approximate surface area is 101 Å². The van der Waals surface area contributed by atoms with Gasteiger partial charge in [0.25, 0.3) is 0 Å². The summed E-state index contributed by atoms with van der Waals surface area (Å²) in [5.74, 6) is 0. The Bertz CT molecular complexity index is 566. The molecule has 0 bridgehead atoms. The van der Waals surface area contributed by atoms with Gasteiger partial charge in [-0.1, -0.05) is 6.07 Å². The molecular weight excluding hydrogens is 214 g/mol. The summed E-state index contributed by atoms with van der Waals surface area (Å²) in [5.41, 5.74) is 2.07. The van der Waals surface area contributed by atoms with Gasteiger partial charge in [-0.3, -0.25) is 14.1 Å². The smallest absolute Gasteiger partial charge is 0.297 e. The van der Waals surface area contributed by atoms with Crippen LogP contribution in [0.5, 0.6) is 0 Å². The number of imidazole rings is 1. The highest BCUT2D eigenvalue weighted by Crippen LogP contribution is 2.05. The Morgan fingerprint density at radius 3 is 2.71 bits per heavy atom. The van der Waals surface area contributed by atoms with Gasteiger partial charge in [0.15, 0.2) is 0 Å². The summed E-state index contributed by atoms with van der Waals surface area (Å²) < 4.78 is 3.41. The van der Waals surface area contributed by atoms with Crippen LogP contribution < -0.4 is 5.69 Å². The van der Waals surface area contributed by atoms with Crippen molar-refractivity contribution in [3.8, 4) is 0 Å². The van der Waals surface area contributed by atoms with Crippen LogP contribution in [0.3, 0.4) is 0 Å². The molecule has 0 N–H and O–H groups in total. The van der Waals surface area contributed by atoms with Gasteiger partial charge in [-0.25, -0.2) is 4.79 Å². The highest BCUT2D eigenvalue weighted by molar-refractivity contribution is 5.17. The van der Waals surface area contributed by atoms with E-state index in [1.54, 1.807) is 15.3 Å². The Balaban J connectivity index is 2.32. The molecule has 0 unspecified atom stereocenters. The molecule has 0 aliphatic heterocycles. The molecule has 2 aromatic rings. The van der Waals surface area contributed by atoms with Crippen molar-refractivity contribution in [2.75, 3.05) is 0 Å². The fraction of sp³-hybridized carbons (Fsp3) is 0.385. The molecule has 0 amide bonds. The number of nitrogens with zero attached hydrogens (tertiary/aromatic N) is 3. The van der Waals surface area contributed by atoms with E-state index in [1.807, 2.05) is 45.3 Å².